The maximum atomic E-state index is 12.5. The van der Waals surface area contributed by atoms with E-state index in [0.717, 1.165) is 25.8 Å². The van der Waals surface area contributed by atoms with Crippen LogP contribution in [0.4, 0.5) is 5.69 Å². The molecule has 0 spiro atoms. The highest BCUT2D eigenvalue weighted by atomic mass is 35.5. The highest BCUT2D eigenvalue weighted by Crippen LogP contribution is 2.33. The molecule has 19 heavy (non-hydrogen) atoms. The smallest absolute Gasteiger partial charge is 0.232 e. The summed E-state index contributed by atoms with van der Waals surface area (Å²) in [6, 6.07) is 0. The molecule has 1 amide bonds. The van der Waals surface area contributed by atoms with Gasteiger partial charge >= 0.3 is 0 Å². The fourth-order valence-electron chi connectivity index (χ4n) is 2.32. The van der Waals surface area contributed by atoms with E-state index in [-0.39, 0.29) is 21.9 Å². The van der Waals surface area contributed by atoms with Gasteiger partial charge in [-0.2, -0.15) is 0 Å². The molecule has 0 aliphatic carbocycles. The molecule has 1 fully saturated rings. The van der Waals surface area contributed by atoms with Crippen molar-refractivity contribution in [3.05, 3.63) is 16.6 Å². The monoisotopic (exact) mass is 302 g/mol. The van der Waals surface area contributed by atoms with E-state index in [1.54, 1.807) is 0 Å². The number of carbonyl (C=O) groups is 1. The highest BCUT2D eigenvalue weighted by Gasteiger charge is 2.38. The van der Waals surface area contributed by atoms with E-state index < -0.39 is 5.41 Å². The first-order valence-electron chi connectivity index (χ1n) is 6.27. The van der Waals surface area contributed by atoms with Crippen molar-refractivity contribution in [2.45, 2.75) is 26.2 Å². The average molecular weight is 303 g/mol. The number of piperidine rings is 1. The molecule has 1 aliphatic rings. The first-order valence-corrected chi connectivity index (χ1v) is 7.03. The number of hydrogen-bond donors (Lipinski definition) is 2. The first-order chi connectivity index (χ1) is 9.09. The lowest BCUT2D eigenvalue weighted by molar-refractivity contribution is -0.126. The van der Waals surface area contributed by atoms with E-state index in [1.165, 1.54) is 6.33 Å². The van der Waals surface area contributed by atoms with Crippen molar-refractivity contribution in [2.24, 2.45) is 5.41 Å². The lowest BCUT2D eigenvalue weighted by Crippen LogP contribution is -2.47. The van der Waals surface area contributed by atoms with E-state index in [1.807, 2.05) is 6.92 Å². The predicted molar refractivity (Wildman–Crippen MR) is 75.5 cm³/mol. The molecule has 1 aromatic heterocycles. The molecule has 1 unspecified atom stereocenters. The number of aromatic nitrogens is 2. The largest absolute Gasteiger partial charge is 0.320 e. The van der Waals surface area contributed by atoms with Gasteiger partial charge in [0.1, 0.15) is 12.0 Å². The Balaban J connectivity index is 2.20. The molecule has 0 radical (unpaired) electrons. The van der Waals surface area contributed by atoms with Crippen LogP contribution in [0.3, 0.4) is 0 Å². The summed E-state index contributed by atoms with van der Waals surface area (Å²) in [5.74, 6) is -0.0826. The van der Waals surface area contributed by atoms with Crippen LogP contribution in [-0.4, -0.2) is 29.0 Å². The van der Waals surface area contributed by atoms with Crippen molar-refractivity contribution < 1.29 is 4.79 Å². The predicted octanol–water partition coefficient (Wildman–Crippen LogP) is 2.50. The van der Waals surface area contributed by atoms with E-state index in [2.05, 4.69) is 20.6 Å². The zero-order chi connectivity index (χ0) is 13.9. The minimum atomic E-state index is -0.416. The highest BCUT2D eigenvalue weighted by molar-refractivity contribution is 6.38. The van der Waals surface area contributed by atoms with Gasteiger partial charge in [-0.1, -0.05) is 30.1 Å². The Hall–Kier alpha value is -0.910. The van der Waals surface area contributed by atoms with Crippen molar-refractivity contribution in [2.75, 3.05) is 18.4 Å². The van der Waals surface area contributed by atoms with Crippen LogP contribution >= 0.6 is 23.2 Å². The van der Waals surface area contributed by atoms with Gasteiger partial charge in [-0.05, 0) is 25.8 Å². The Morgan fingerprint density at radius 1 is 1.47 bits per heavy atom. The molecule has 1 aromatic rings. The van der Waals surface area contributed by atoms with Crippen LogP contribution in [0.5, 0.6) is 0 Å². The Kier molecular flexibility index (Phi) is 4.60. The van der Waals surface area contributed by atoms with Gasteiger partial charge in [0.25, 0.3) is 0 Å². The molecule has 7 heteroatoms. The topological polar surface area (TPSA) is 66.9 Å². The van der Waals surface area contributed by atoms with Crippen LogP contribution in [0.15, 0.2) is 6.33 Å². The summed E-state index contributed by atoms with van der Waals surface area (Å²) >= 11 is 11.9. The summed E-state index contributed by atoms with van der Waals surface area (Å²) in [5, 5.41) is 6.35. The van der Waals surface area contributed by atoms with Crippen LogP contribution in [0, 0.1) is 5.41 Å². The number of amides is 1. The van der Waals surface area contributed by atoms with Crippen molar-refractivity contribution in [1.82, 2.24) is 15.3 Å². The summed E-state index contributed by atoms with van der Waals surface area (Å²) in [7, 11) is 0. The SMILES string of the molecule is CCC1(C(=O)Nc2c(Cl)ncnc2Cl)CCCNC1. The Morgan fingerprint density at radius 3 is 2.68 bits per heavy atom. The van der Waals surface area contributed by atoms with Crippen molar-refractivity contribution >= 4 is 34.8 Å². The van der Waals surface area contributed by atoms with E-state index in [9.17, 15) is 4.79 Å². The molecule has 0 aromatic carbocycles. The average Bonchev–Trinajstić information content (AvgIpc) is 2.43. The Morgan fingerprint density at radius 2 is 2.16 bits per heavy atom. The molecule has 1 atom stereocenters. The maximum Gasteiger partial charge on any atom is 0.232 e. The third-order valence-corrected chi connectivity index (χ3v) is 4.20. The fraction of sp³-hybridized carbons (Fsp3) is 0.583. The minimum absolute atomic E-state index is 0.0826. The lowest BCUT2D eigenvalue weighted by atomic mass is 9.77. The number of hydrogen-bond acceptors (Lipinski definition) is 4. The van der Waals surface area contributed by atoms with Crippen molar-refractivity contribution in [3.8, 4) is 0 Å². The first kappa shape index (κ1) is 14.5. The van der Waals surface area contributed by atoms with Crippen molar-refractivity contribution in [3.63, 3.8) is 0 Å². The second kappa shape index (κ2) is 6.03. The van der Waals surface area contributed by atoms with Crippen LogP contribution in [0.25, 0.3) is 0 Å². The maximum absolute atomic E-state index is 12.5. The van der Waals surface area contributed by atoms with Crippen LogP contribution in [-0.2, 0) is 4.79 Å². The van der Waals surface area contributed by atoms with Crippen LogP contribution in [0.2, 0.25) is 10.3 Å². The summed E-state index contributed by atoms with van der Waals surface area (Å²) < 4.78 is 0. The molecule has 1 saturated heterocycles. The van der Waals surface area contributed by atoms with Gasteiger partial charge in [-0.25, -0.2) is 9.97 Å². The zero-order valence-electron chi connectivity index (χ0n) is 10.7. The summed E-state index contributed by atoms with van der Waals surface area (Å²) in [5.41, 5.74) is -0.130. The second-order valence-electron chi connectivity index (χ2n) is 4.70. The van der Waals surface area contributed by atoms with Gasteiger partial charge < -0.3 is 10.6 Å². The Labute approximate surface area is 122 Å². The van der Waals surface area contributed by atoms with E-state index in [4.69, 9.17) is 23.2 Å². The van der Waals surface area contributed by atoms with Crippen LogP contribution < -0.4 is 10.6 Å². The third-order valence-electron chi connectivity index (χ3n) is 3.62. The fourth-order valence-corrected chi connectivity index (χ4v) is 2.73. The molecule has 1 aliphatic heterocycles. The normalized spacial score (nSPS) is 23.1. The summed E-state index contributed by atoms with van der Waals surface area (Å²) in [6.07, 6.45) is 3.85. The van der Waals surface area contributed by atoms with Gasteiger partial charge in [0.2, 0.25) is 5.91 Å². The standard InChI is InChI=1S/C12H16Cl2N4O/c1-2-12(4-3-5-15-6-12)11(19)18-8-9(13)16-7-17-10(8)14/h7,15H,2-6H2,1H3,(H,18,19). The number of carbonyl (C=O) groups excluding carboxylic acids is 1. The minimum Gasteiger partial charge on any atom is -0.320 e. The number of anilines is 1. The molecular formula is C12H16Cl2N4O. The van der Waals surface area contributed by atoms with Gasteiger partial charge in [-0.3, -0.25) is 4.79 Å². The zero-order valence-corrected chi connectivity index (χ0v) is 12.2. The van der Waals surface area contributed by atoms with E-state index in [0.29, 0.717) is 6.54 Å². The molecule has 5 nitrogen and oxygen atoms in total. The van der Waals surface area contributed by atoms with Gasteiger partial charge in [0.15, 0.2) is 10.3 Å². The molecule has 0 saturated carbocycles. The summed E-state index contributed by atoms with van der Waals surface area (Å²) in [6.45, 7) is 3.63. The molecule has 2 N–H and O–H groups in total. The van der Waals surface area contributed by atoms with Gasteiger partial charge in [0, 0.05) is 6.54 Å². The second-order valence-corrected chi connectivity index (χ2v) is 5.41. The number of nitrogens with one attached hydrogen (secondary N) is 2. The summed E-state index contributed by atoms with van der Waals surface area (Å²) in [4.78, 5) is 20.2. The number of nitrogens with zero attached hydrogens (tertiary/aromatic N) is 2. The third kappa shape index (κ3) is 2.99. The van der Waals surface area contributed by atoms with E-state index >= 15 is 0 Å². The molecule has 0 bridgehead atoms. The lowest BCUT2D eigenvalue weighted by Gasteiger charge is -2.35. The molecule has 104 valence electrons. The van der Waals surface area contributed by atoms with Gasteiger partial charge in [0.05, 0.1) is 5.41 Å². The molecule has 2 heterocycles. The molecular weight excluding hydrogens is 287 g/mol. The quantitative estimate of drug-likeness (QED) is 0.842. The number of halogens is 2. The number of rotatable bonds is 3. The van der Waals surface area contributed by atoms with Crippen molar-refractivity contribution in [1.29, 1.82) is 0 Å². The molecule has 2 rings (SSSR count). The van der Waals surface area contributed by atoms with Crippen LogP contribution in [0.1, 0.15) is 26.2 Å². The Bertz CT molecular complexity index is 455. The van der Waals surface area contributed by atoms with Gasteiger partial charge in [-0.15, -0.1) is 0 Å².